The minimum absolute atomic E-state index is 0.268. The standard InChI is InChI=1S/C14H11FO2S2/c1-18-11-6-3-7-12(13(11)14(16)17)19-10-5-2-4-9(15)8-10/h2-8H,1H3,(H,16,17). The van der Waals surface area contributed by atoms with Crippen molar-refractivity contribution in [1.82, 2.24) is 0 Å². The van der Waals surface area contributed by atoms with Crippen LogP contribution in [0.25, 0.3) is 0 Å². The summed E-state index contributed by atoms with van der Waals surface area (Å²) >= 11 is 2.64. The van der Waals surface area contributed by atoms with Gasteiger partial charge in [0.15, 0.2) is 0 Å². The molecule has 0 aliphatic heterocycles. The van der Waals surface area contributed by atoms with Gasteiger partial charge >= 0.3 is 5.97 Å². The average molecular weight is 294 g/mol. The Bertz CT molecular complexity index is 614. The maximum Gasteiger partial charge on any atom is 0.337 e. The van der Waals surface area contributed by atoms with Crippen molar-refractivity contribution >= 4 is 29.5 Å². The lowest BCUT2D eigenvalue weighted by atomic mass is 10.2. The van der Waals surface area contributed by atoms with Gasteiger partial charge in [-0.1, -0.05) is 23.9 Å². The van der Waals surface area contributed by atoms with Crippen LogP contribution in [-0.4, -0.2) is 17.3 Å². The summed E-state index contributed by atoms with van der Waals surface area (Å²) in [5, 5.41) is 9.31. The monoisotopic (exact) mass is 294 g/mol. The number of carbonyl (C=O) groups is 1. The fraction of sp³-hybridized carbons (Fsp3) is 0.0714. The van der Waals surface area contributed by atoms with Gasteiger partial charge in [-0.3, -0.25) is 0 Å². The molecule has 98 valence electrons. The van der Waals surface area contributed by atoms with Gasteiger partial charge in [0.1, 0.15) is 5.82 Å². The van der Waals surface area contributed by atoms with Crippen LogP contribution in [0.5, 0.6) is 0 Å². The van der Waals surface area contributed by atoms with Crippen molar-refractivity contribution in [2.24, 2.45) is 0 Å². The van der Waals surface area contributed by atoms with Crippen LogP contribution < -0.4 is 0 Å². The molecule has 0 saturated carbocycles. The largest absolute Gasteiger partial charge is 0.478 e. The molecule has 0 spiro atoms. The topological polar surface area (TPSA) is 37.3 Å². The summed E-state index contributed by atoms with van der Waals surface area (Å²) in [6, 6.07) is 11.4. The lowest BCUT2D eigenvalue weighted by molar-refractivity contribution is 0.0689. The van der Waals surface area contributed by atoms with Gasteiger partial charge in [-0.2, -0.15) is 0 Å². The highest BCUT2D eigenvalue weighted by atomic mass is 32.2. The number of aromatic carboxylic acids is 1. The van der Waals surface area contributed by atoms with Crippen LogP contribution in [0, 0.1) is 5.82 Å². The third kappa shape index (κ3) is 3.30. The van der Waals surface area contributed by atoms with Crippen molar-refractivity contribution in [2.75, 3.05) is 6.26 Å². The Morgan fingerprint density at radius 1 is 1.16 bits per heavy atom. The van der Waals surface area contributed by atoms with Crippen LogP contribution in [0.2, 0.25) is 0 Å². The molecule has 2 aromatic rings. The molecule has 0 bridgehead atoms. The van der Waals surface area contributed by atoms with Gasteiger partial charge in [-0.15, -0.1) is 11.8 Å². The lowest BCUT2D eigenvalue weighted by Crippen LogP contribution is -2.01. The van der Waals surface area contributed by atoms with Gasteiger partial charge in [-0.25, -0.2) is 9.18 Å². The number of rotatable bonds is 4. The number of hydrogen-bond donors (Lipinski definition) is 1. The Balaban J connectivity index is 2.42. The van der Waals surface area contributed by atoms with E-state index in [1.165, 1.54) is 35.7 Å². The molecular weight excluding hydrogens is 283 g/mol. The van der Waals surface area contributed by atoms with Crippen molar-refractivity contribution in [3.63, 3.8) is 0 Å². The highest BCUT2D eigenvalue weighted by Gasteiger charge is 2.15. The van der Waals surface area contributed by atoms with Crippen LogP contribution in [0.15, 0.2) is 57.2 Å². The number of hydrogen-bond acceptors (Lipinski definition) is 3. The molecule has 0 saturated heterocycles. The number of halogens is 1. The van der Waals surface area contributed by atoms with Crippen LogP contribution >= 0.6 is 23.5 Å². The van der Waals surface area contributed by atoms with Crippen LogP contribution in [0.1, 0.15) is 10.4 Å². The zero-order valence-electron chi connectivity index (χ0n) is 10.1. The Kier molecular flexibility index (Phi) is 4.50. The predicted molar refractivity (Wildman–Crippen MR) is 75.7 cm³/mol. The summed E-state index contributed by atoms with van der Waals surface area (Å²) in [6.07, 6.45) is 1.83. The Morgan fingerprint density at radius 2 is 1.84 bits per heavy atom. The molecule has 0 atom stereocenters. The molecule has 0 fully saturated rings. The van der Waals surface area contributed by atoms with E-state index in [-0.39, 0.29) is 11.4 Å². The SMILES string of the molecule is CSc1cccc(Sc2cccc(F)c2)c1C(=O)O. The number of carboxylic acid groups (broad SMARTS) is 1. The Hall–Kier alpha value is -1.46. The first-order valence-electron chi connectivity index (χ1n) is 5.45. The number of thioether (sulfide) groups is 1. The molecule has 0 amide bonds. The third-order valence-corrected chi connectivity index (χ3v) is 4.28. The van der Waals surface area contributed by atoms with E-state index in [4.69, 9.17) is 0 Å². The highest BCUT2D eigenvalue weighted by molar-refractivity contribution is 8.00. The van der Waals surface area contributed by atoms with E-state index in [0.717, 1.165) is 0 Å². The van der Waals surface area contributed by atoms with E-state index in [0.29, 0.717) is 14.7 Å². The fourth-order valence-electron chi connectivity index (χ4n) is 1.63. The summed E-state index contributed by atoms with van der Waals surface area (Å²) in [7, 11) is 0. The smallest absolute Gasteiger partial charge is 0.337 e. The molecule has 19 heavy (non-hydrogen) atoms. The summed E-state index contributed by atoms with van der Waals surface area (Å²) in [5.41, 5.74) is 0.268. The molecule has 0 heterocycles. The first kappa shape index (κ1) is 14.0. The van der Waals surface area contributed by atoms with Gasteiger partial charge < -0.3 is 5.11 Å². The zero-order chi connectivity index (χ0) is 13.8. The molecule has 0 unspecified atom stereocenters. The molecular formula is C14H11FO2S2. The quantitative estimate of drug-likeness (QED) is 0.848. The molecule has 0 radical (unpaired) electrons. The molecule has 0 aliphatic rings. The van der Waals surface area contributed by atoms with Crippen molar-refractivity contribution in [1.29, 1.82) is 0 Å². The molecule has 2 nitrogen and oxygen atoms in total. The molecule has 2 aromatic carbocycles. The zero-order valence-corrected chi connectivity index (χ0v) is 11.7. The first-order chi connectivity index (χ1) is 9.11. The van der Waals surface area contributed by atoms with E-state index < -0.39 is 5.97 Å². The van der Waals surface area contributed by atoms with Crippen molar-refractivity contribution < 1.29 is 14.3 Å². The molecule has 5 heteroatoms. The summed E-state index contributed by atoms with van der Waals surface area (Å²) in [6.45, 7) is 0. The van der Waals surface area contributed by atoms with Gasteiger partial charge in [-0.05, 0) is 36.6 Å². The van der Waals surface area contributed by atoms with Crippen molar-refractivity contribution in [3.8, 4) is 0 Å². The van der Waals surface area contributed by atoms with Crippen LogP contribution in [0.3, 0.4) is 0 Å². The van der Waals surface area contributed by atoms with E-state index in [1.54, 1.807) is 30.3 Å². The molecule has 0 aliphatic carbocycles. The Labute approximate surface area is 119 Å². The van der Waals surface area contributed by atoms with E-state index in [1.807, 2.05) is 6.26 Å². The summed E-state index contributed by atoms with van der Waals surface area (Å²) in [5.74, 6) is -1.30. The molecule has 0 aromatic heterocycles. The van der Waals surface area contributed by atoms with Gasteiger partial charge in [0, 0.05) is 14.7 Å². The molecule has 1 N–H and O–H groups in total. The minimum atomic E-state index is -0.969. The minimum Gasteiger partial charge on any atom is -0.478 e. The lowest BCUT2D eigenvalue weighted by Gasteiger charge is -2.09. The maximum atomic E-state index is 13.1. The van der Waals surface area contributed by atoms with E-state index in [2.05, 4.69) is 0 Å². The van der Waals surface area contributed by atoms with Crippen molar-refractivity contribution in [2.45, 2.75) is 14.7 Å². The molecule has 2 rings (SSSR count). The normalized spacial score (nSPS) is 10.4. The fourth-order valence-corrected chi connectivity index (χ4v) is 3.33. The second kappa shape index (κ2) is 6.12. The van der Waals surface area contributed by atoms with Crippen molar-refractivity contribution in [3.05, 3.63) is 53.8 Å². The third-order valence-electron chi connectivity index (χ3n) is 2.45. The van der Waals surface area contributed by atoms with Crippen LogP contribution in [0.4, 0.5) is 4.39 Å². The second-order valence-electron chi connectivity index (χ2n) is 3.70. The predicted octanol–water partition coefficient (Wildman–Crippen LogP) is 4.40. The van der Waals surface area contributed by atoms with Gasteiger partial charge in [0.05, 0.1) is 5.56 Å². The number of benzene rings is 2. The van der Waals surface area contributed by atoms with Gasteiger partial charge in [0.25, 0.3) is 0 Å². The summed E-state index contributed by atoms with van der Waals surface area (Å²) in [4.78, 5) is 13.4. The summed E-state index contributed by atoms with van der Waals surface area (Å²) < 4.78 is 13.1. The Morgan fingerprint density at radius 3 is 2.47 bits per heavy atom. The van der Waals surface area contributed by atoms with Crippen LogP contribution in [-0.2, 0) is 0 Å². The van der Waals surface area contributed by atoms with E-state index >= 15 is 0 Å². The highest BCUT2D eigenvalue weighted by Crippen LogP contribution is 2.35. The van der Waals surface area contributed by atoms with E-state index in [9.17, 15) is 14.3 Å². The maximum absolute atomic E-state index is 13.1. The number of carboxylic acids is 1. The second-order valence-corrected chi connectivity index (χ2v) is 5.66. The average Bonchev–Trinajstić information content (AvgIpc) is 2.38. The van der Waals surface area contributed by atoms with Gasteiger partial charge in [0.2, 0.25) is 0 Å². The first-order valence-corrected chi connectivity index (χ1v) is 7.49.